The molecule has 0 saturated carbocycles. The molecule has 2 heterocycles. The van der Waals surface area contributed by atoms with E-state index >= 15 is 0 Å². The average Bonchev–Trinajstić information content (AvgIpc) is 3.43. The molecule has 0 radical (unpaired) electrons. The van der Waals surface area contributed by atoms with Gasteiger partial charge >= 0.3 is 11.9 Å². The molecule has 2 fully saturated rings. The van der Waals surface area contributed by atoms with Gasteiger partial charge in [-0.1, -0.05) is 217 Å². The molecule has 7 N–H and O–H groups in total. The second-order valence-electron chi connectivity index (χ2n) is 21.5. The van der Waals surface area contributed by atoms with E-state index in [9.17, 15) is 45.3 Å². The number of esters is 2. The van der Waals surface area contributed by atoms with Gasteiger partial charge in [0.2, 0.25) is 0 Å². The summed E-state index contributed by atoms with van der Waals surface area (Å²) in [6.45, 7) is 2.57. The Kier molecular flexibility index (Phi) is 44.2. The van der Waals surface area contributed by atoms with Crippen LogP contribution in [0, 0.1) is 0 Å². The van der Waals surface area contributed by atoms with E-state index in [0.29, 0.717) is 12.8 Å². The summed E-state index contributed by atoms with van der Waals surface area (Å²) in [6, 6.07) is 0. The quantitative estimate of drug-likeness (QED) is 0.0171. The molecular formula is C62H110O15. The van der Waals surface area contributed by atoms with E-state index in [4.69, 9.17) is 28.4 Å². The Balaban J connectivity index is 1.74. The number of hydrogen-bond donors (Lipinski definition) is 7. The minimum absolute atomic E-state index is 0.161. The fraction of sp³-hybridized carbons (Fsp3) is 0.839. The van der Waals surface area contributed by atoms with Crippen molar-refractivity contribution >= 4 is 11.9 Å². The number of carbonyl (C=O) groups is 2. The number of unbranched alkanes of at least 4 members (excludes halogenated alkanes) is 27. The molecule has 15 heteroatoms. The number of carbonyl (C=O) groups excluding carboxylic acids is 2. The van der Waals surface area contributed by atoms with Gasteiger partial charge in [-0.2, -0.15) is 0 Å². The van der Waals surface area contributed by atoms with Crippen LogP contribution in [0.3, 0.4) is 0 Å². The van der Waals surface area contributed by atoms with Crippen LogP contribution < -0.4 is 0 Å². The maximum absolute atomic E-state index is 13.1. The van der Waals surface area contributed by atoms with E-state index in [1.807, 2.05) is 0 Å². The highest BCUT2D eigenvalue weighted by molar-refractivity contribution is 5.70. The Hall–Kier alpha value is -2.54. The molecule has 4 unspecified atom stereocenters. The van der Waals surface area contributed by atoms with Gasteiger partial charge in [-0.25, -0.2) is 0 Å². The van der Waals surface area contributed by atoms with Crippen molar-refractivity contribution in [2.75, 3.05) is 26.4 Å². The van der Waals surface area contributed by atoms with Crippen molar-refractivity contribution in [3.8, 4) is 0 Å². The average molecular weight is 1100 g/mol. The van der Waals surface area contributed by atoms with Gasteiger partial charge in [0, 0.05) is 12.8 Å². The second kappa shape index (κ2) is 48.2. The van der Waals surface area contributed by atoms with Crippen molar-refractivity contribution in [2.45, 2.75) is 306 Å². The number of aliphatic hydroxyl groups excluding tert-OH is 7. The first-order valence-electron chi connectivity index (χ1n) is 30.7. The van der Waals surface area contributed by atoms with E-state index < -0.39 is 99.3 Å². The highest BCUT2D eigenvalue weighted by Gasteiger charge is 2.47. The monoisotopic (exact) mass is 1090 g/mol. The van der Waals surface area contributed by atoms with Crippen molar-refractivity contribution in [3.05, 3.63) is 48.6 Å². The van der Waals surface area contributed by atoms with E-state index in [-0.39, 0.29) is 19.4 Å². The maximum atomic E-state index is 13.1. The van der Waals surface area contributed by atoms with Crippen molar-refractivity contribution in [1.82, 2.24) is 0 Å². The number of allylic oxidation sites excluding steroid dienone is 8. The molecule has 0 aromatic rings. The fourth-order valence-electron chi connectivity index (χ4n) is 9.56. The Morgan fingerprint density at radius 2 is 0.779 bits per heavy atom. The first-order chi connectivity index (χ1) is 37.5. The van der Waals surface area contributed by atoms with Crippen molar-refractivity contribution < 1.29 is 73.8 Å². The molecule has 2 aliphatic heterocycles. The van der Waals surface area contributed by atoms with Crippen LogP contribution in [0.25, 0.3) is 0 Å². The molecule has 0 bridgehead atoms. The van der Waals surface area contributed by atoms with Gasteiger partial charge in [0.25, 0.3) is 0 Å². The zero-order chi connectivity index (χ0) is 56.0. The van der Waals surface area contributed by atoms with Gasteiger partial charge in [-0.05, 0) is 57.8 Å². The van der Waals surface area contributed by atoms with Gasteiger partial charge in [0.15, 0.2) is 18.7 Å². The lowest BCUT2D eigenvalue weighted by atomic mass is 9.98. The van der Waals surface area contributed by atoms with Crippen LogP contribution >= 0.6 is 0 Å². The van der Waals surface area contributed by atoms with Crippen LogP contribution in [-0.4, -0.2) is 142 Å². The largest absolute Gasteiger partial charge is 0.462 e. The van der Waals surface area contributed by atoms with Crippen LogP contribution in [0.15, 0.2) is 48.6 Å². The van der Waals surface area contributed by atoms with Crippen LogP contribution in [0.5, 0.6) is 0 Å². The normalized spacial score (nSPS) is 24.5. The standard InChI is InChI=1S/C62H110O15/c1-3-5-7-9-11-13-15-17-19-21-23-24-25-27-29-31-33-35-37-39-41-43-45-54(65)75-50(47-72-53(64)44-42-40-38-36-34-32-30-28-26-22-20-18-16-14-12-10-8-6-4-2)48-73-61-60(71)58(69)56(67)52(77-61)49-74-62-59(70)57(68)55(66)51(46-63)76-62/h12,14,18,20,26,28,32,34,50-52,55-63,66-71H,3-11,13,15-17,19,21-25,27,29-31,33,35-49H2,1-2H3/b14-12+,20-18+,28-26+,34-32+/t50-,51+,52+,55-,56-,57?,58?,59?,60?,61+,62+/m1/s1. The van der Waals surface area contributed by atoms with E-state index in [0.717, 1.165) is 64.2 Å². The Bertz CT molecular complexity index is 1520. The zero-order valence-corrected chi connectivity index (χ0v) is 47.9. The summed E-state index contributed by atoms with van der Waals surface area (Å²) in [7, 11) is 0. The SMILES string of the molecule is CCCCC/C=C/C/C=C/C/C=C/C/C=C/CCCCCC(=O)OC[C@H](CO[C@H]1O[C@@H](CO[C@H]2O[C@@H](CO)[C@@H](O)C(O)C2O)[C@@H](O)C(O)C1O)OC(=O)CCCCCCCCCCCCCCCCCCCCCCCC. The lowest BCUT2D eigenvalue weighted by Gasteiger charge is -2.42. The zero-order valence-electron chi connectivity index (χ0n) is 47.9. The summed E-state index contributed by atoms with van der Waals surface area (Å²) >= 11 is 0. The first kappa shape index (κ1) is 70.6. The molecule has 0 spiro atoms. The molecular weight excluding hydrogens is 985 g/mol. The van der Waals surface area contributed by atoms with Gasteiger partial charge in [-0.3, -0.25) is 9.59 Å². The van der Waals surface area contributed by atoms with Gasteiger partial charge in [0.1, 0.15) is 55.4 Å². The summed E-state index contributed by atoms with van der Waals surface area (Å²) in [4.78, 5) is 25.9. The third-order valence-corrected chi connectivity index (χ3v) is 14.6. The van der Waals surface area contributed by atoms with Crippen molar-refractivity contribution in [2.24, 2.45) is 0 Å². The van der Waals surface area contributed by atoms with Gasteiger partial charge in [0.05, 0.1) is 19.8 Å². The van der Waals surface area contributed by atoms with Crippen molar-refractivity contribution in [3.63, 3.8) is 0 Å². The summed E-state index contributed by atoms with van der Waals surface area (Å²) in [6.07, 6.45) is 39.9. The van der Waals surface area contributed by atoms with Crippen LogP contribution in [0.4, 0.5) is 0 Å². The highest BCUT2D eigenvalue weighted by Crippen LogP contribution is 2.27. The molecule has 0 amide bonds. The molecule has 2 saturated heterocycles. The third kappa shape index (κ3) is 35.0. The third-order valence-electron chi connectivity index (χ3n) is 14.6. The molecule has 448 valence electrons. The number of ether oxygens (including phenoxy) is 6. The van der Waals surface area contributed by atoms with Crippen LogP contribution in [-0.2, 0) is 38.0 Å². The van der Waals surface area contributed by atoms with Crippen LogP contribution in [0.2, 0.25) is 0 Å². The molecule has 2 rings (SSSR count). The number of hydrogen-bond acceptors (Lipinski definition) is 15. The minimum Gasteiger partial charge on any atom is -0.462 e. The smallest absolute Gasteiger partial charge is 0.306 e. The molecule has 0 aliphatic carbocycles. The molecule has 0 aromatic heterocycles. The number of rotatable bonds is 49. The number of aliphatic hydroxyl groups is 7. The molecule has 11 atom stereocenters. The summed E-state index contributed by atoms with van der Waals surface area (Å²) in [5, 5.41) is 72.4. The Labute approximate surface area is 465 Å². The van der Waals surface area contributed by atoms with E-state index in [1.165, 1.54) is 135 Å². The lowest BCUT2D eigenvalue weighted by Crippen LogP contribution is -2.61. The van der Waals surface area contributed by atoms with Crippen LogP contribution in [0.1, 0.15) is 239 Å². The fourth-order valence-corrected chi connectivity index (χ4v) is 9.56. The van der Waals surface area contributed by atoms with E-state index in [2.05, 4.69) is 62.5 Å². The van der Waals surface area contributed by atoms with Gasteiger partial charge in [-0.15, -0.1) is 0 Å². The molecule has 2 aliphatic rings. The predicted molar refractivity (Wildman–Crippen MR) is 303 cm³/mol. The molecule has 15 nitrogen and oxygen atoms in total. The topological polar surface area (TPSA) is 231 Å². The minimum atomic E-state index is -1.77. The Morgan fingerprint density at radius 1 is 0.416 bits per heavy atom. The highest BCUT2D eigenvalue weighted by atomic mass is 16.7. The molecule has 0 aromatic carbocycles. The maximum Gasteiger partial charge on any atom is 0.306 e. The predicted octanol–water partition coefficient (Wildman–Crippen LogP) is 11.0. The first-order valence-corrected chi connectivity index (χ1v) is 30.7. The van der Waals surface area contributed by atoms with Crippen molar-refractivity contribution in [1.29, 1.82) is 0 Å². The summed E-state index contributed by atoms with van der Waals surface area (Å²) in [5.74, 6) is -0.952. The van der Waals surface area contributed by atoms with E-state index in [1.54, 1.807) is 0 Å². The summed E-state index contributed by atoms with van der Waals surface area (Å²) in [5.41, 5.74) is 0. The van der Waals surface area contributed by atoms with Gasteiger partial charge < -0.3 is 64.2 Å². The summed E-state index contributed by atoms with van der Waals surface area (Å²) < 4.78 is 33.7. The molecule has 77 heavy (non-hydrogen) atoms. The lowest BCUT2D eigenvalue weighted by molar-refractivity contribution is -0.332. The Morgan fingerprint density at radius 3 is 1.25 bits per heavy atom. The second-order valence-corrected chi connectivity index (χ2v) is 21.5.